The number of hydrogen-bond acceptors (Lipinski definition) is 6. The number of thioether (sulfide) groups is 1. The molecular formula is C11H16N6OS. The summed E-state index contributed by atoms with van der Waals surface area (Å²) in [6.45, 7) is 2.70. The number of H-pyrrole nitrogens is 1. The van der Waals surface area contributed by atoms with Crippen molar-refractivity contribution in [2.75, 3.05) is 5.43 Å². The van der Waals surface area contributed by atoms with Gasteiger partial charge in [-0.15, -0.1) is 5.10 Å². The van der Waals surface area contributed by atoms with Gasteiger partial charge in [0.15, 0.2) is 5.16 Å². The lowest BCUT2D eigenvalue weighted by atomic mass is 10.3. The van der Waals surface area contributed by atoms with Crippen LogP contribution in [0.4, 0.5) is 5.82 Å². The molecule has 0 unspecified atom stereocenters. The van der Waals surface area contributed by atoms with Crippen molar-refractivity contribution in [1.29, 1.82) is 0 Å². The minimum absolute atomic E-state index is 0.162. The monoisotopic (exact) mass is 280 g/mol. The molecule has 0 amide bonds. The van der Waals surface area contributed by atoms with E-state index in [9.17, 15) is 4.79 Å². The Bertz CT molecular complexity index is 576. The molecule has 0 spiro atoms. The lowest BCUT2D eigenvalue weighted by Gasteiger charge is -2.04. The first kappa shape index (κ1) is 13.6. The summed E-state index contributed by atoms with van der Waals surface area (Å²) in [4.78, 5) is 15.6. The van der Waals surface area contributed by atoms with Crippen LogP contribution in [0.5, 0.6) is 0 Å². The average molecular weight is 280 g/mol. The molecular weight excluding hydrogens is 264 g/mol. The second-order valence-corrected chi connectivity index (χ2v) is 4.89. The van der Waals surface area contributed by atoms with Gasteiger partial charge in [0.1, 0.15) is 5.82 Å². The number of nitrogens with zero attached hydrogens (tertiary/aromatic N) is 3. The Morgan fingerprint density at radius 3 is 3.00 bits per heavy atom. The predicted octanol–water partition coefficient (Wildman–Crippen LogP) is 0.954. The second kappa shape index (κ2) is 6.39. The van der Waals surface area contributed by atoms with E-state index in [-0.39, 0.29) is 5.69 Å². The maximum atomic E-state index is 11.5. The quantitative estimate of drug-likeness (QED) is 0.414. The molecule has 0 fully saturated rings. The van der Waals surface area contributed by atoms with Gasteiger partial charge in [0.25, 0.3) is 0 Å². The Balaban J connectivity index is 2.03. The van der Waals surface area contributed by atoms with Crippen LogP contribution >= 0.6 is 11.8 Å². The average Bonchev–Trinajstić information content (AvgIpc) is 2.79. The normalized spacial score (nSPS) is 10.6. The summed E-state index contributed by atoms with van der Waals surface area (Å²) in [6.07, 6.45) is 2.64. The lowest BCUT2D eigenvalue weighted by molar-refractivity contribution is 0.604. The van der Waals surface area contributed by atoms with Crippen molar-refractivity contribution in [1.82, 2.24) is 19.7 Å². The third kappa shape index (κ3) is 3.36. The van der Waals surface area contributed by atoms with E-state index >= 15 is 0 Å². The third-order valence-corrected chi connectivity index (χ3v) is 3.56. The zero-order chi connectivity index (χ0) is 13.7. The van der Waals surface area contributed by atoms with Gasteiger partial charge in [-0.05, 0) is 18.1 Å². The Morgan fingerprint density at radius 1 is 1.53 bits per heavy atom. The van der Waals surface area contributed by atoms with E-state index in [4.69, 9.17) is 5.84 Å². The number of hydrogen-bond donors (Lipinski definition) is 3. The third-order valence-electron chi connectivity index (χ3n) is 2.51. The molecule has 0 saturated carbocycles. The SMILES string of the molecule is CCCn1c(SCc2ccc(NN)nc2)n[nH]c1=O. The van der Waals surface area contributed by atoms with E-state index in [0.717, 1.165) is 12.0 Å². The summed E-state index contributed by atoms with van der Waals surface area (Å²) in [6, 6.07) is 3.74. The molecule has 0 aliphatic carbocycles. The number of nitrogens with one attached hydrogen (secondary N) is 2. The van der Waals surface area contributed by atoms with Crippen molar-refractivity contribution in [2.45, 2.75) is 30.8 Å². The van der Waals surface area contributed by atoms with Gasteiger partial charge >= 0.3 is 5.69 Å². The highest BCUT2D eigenvalue weighted by Crippen LogP contribution is 2.19. The number of pyridine rings is 1. The van der Waals surface area contributed by atoms with E-state index < -0.39 is 0 Å². The van der Waals surface area contributed by atoms with Crippen molar-refractivity contribution in [3.63, 3.8) is 0 Å². The van der Waals surface area contributed by atoms with E-state index in [1.54, 1.807) is 16.8 Å². The molecule has 0 radical (unpaired) electrons. The maximum absolute atomic E-state index is 11.5. The van der Waals surface area contributed by atoms with Crippen LogP contribution in [0.15, 0.2) is 28.3 Å². The second-order valence-electron chi connectivity index (χ2n) is 3.95. The predicted molar refractivity (Wildman–Crippen MR) is 74.7 cm³/mol. The van der Waals surface area contributed by atoms with Crippen LogP contribution in [0.2, 0.25) is 0 Å². The number of rotatable bonds is 6. The zero-order valence-electron chi connectivity index (χ0n) is 10.6. The highest BCUT2D eigenvalue weighted by Gasteiger charge is 2.08. The number of aromatic nitrogens is 4. The molecule has 2 heterocycles. The fourth-order valence-electron chi connectivity index (χ4n) is 1.58. The first-order valence-corrected chi connectivity index (χ1v) is 6.92. The molecule has 0 bridgehead atoms. The van der Waals surface area contributed by atoms with Crippen LogP contribution in [-0.2, 0) is 12.3 Å². The summed E-state index contributed by atoms with van der Waals surface area (Å²) in [5.41, 5.74) is 3.36. The van der Waals surface area contributed by atoms with Crippen LogP contribution in [0.3, 0.4) is 0 Å². The molecule has 2 aromatic heterocycles. The van der Waals surface area contributed by atoms with Crippen LogP contribution in [0, 0.1) is 0 Å². The number of anilines is 1. The molecule has 4 N–H and O–H groups in total. The van der Waals surface area contributed by atoms with E-state index in [1.165, 1.54) is 11.8 Å². The molecule has 2 rings (SSSR count). The molecule has 0 aromatic carbocycles. The summed E-state index contributed by atoms with van der Waals surface area (Å²) in [7, 11) is 0. The highest BCUT2D eigenvalue weighted by atomic mass is 32.2. The van der Waals surface area contributed by atoms with Gasteiger partial charge in [-0.2, -0.15) is 0 Å². The van der Waals surface area contributed by atoms with Gasteiger partial charge in [0.2, 0.25) is 0 Å². The molecule has 2 aromatic rings. The summed E-state index contributed by atoms with van der Waals surface area (Å²) < 4.78 is 1.65. The molecule has 19 heavy (non-hydrogen) atoms. The molecule has 0 aliphatic heterocycles. The van der Waals surface area contributed by atoms with Crippen molar-refractivity contribution >= 4 is 17.6 Å². The highest BCUT2D eigenvalue weighted by molar-refractivity contribution is 7.98. The fraction of sp³-hybridized carbons (Fsp3) is 0.364. The van der Waals surface area contributed by atoms with Gasteiger partial charge in [0, 0.05) is 18.5 Å². The molecule has 8 heteroatoms. The van der Waals surface area contributed by atoms with Crippen LogP contribution in [0.1, 0.15) is 18.9 Å². The van der Waals surface area contributed by atoms with Crippen LogP contribution in [-0.4, -0.2) is 19.7 Å². The molecule has 0 saturated heterocycles. The maximum Gasteiger partial charge on any atom is 0.343 e. The Hall–Kier alpha value is -1.80. The summed E-state index contributed by atoms with van der Waals surface area (Å²) >= 11 is 1.50. The summed E-state index contributed by atoms with van der Waals surface area (Å²) in [5, 5.41) is 7.19. The van der Waals surface area contributed by atoms with Gasteiger partial charge in [-0.3, -0.25) is 4.57 Å². The Morgan fingerprint density at radius 2 is 2.37 bits per heavy atom. The minimum Gasteiger partial charge on any atom is -0.308 e. The van der Waals surface area contributed by atoms with E-state index in [1.807, 2.05) is 13.0 Å². The van der Waals surface area contributed by atoms with Crippen LogP contribution in [0.25, 0.3) is 0 Å². The van der Waals surface area contributed by atoms with Gasteiger partial charge in [0.05, 0.1) is 0 Å². The lowest BCUT2D eigenvalue weighted by Crippen LogP contribution is -2.17. The number of hydrazine groups is 1. The smallest absolute Gasteiger partial charge is 0.308 e. The first-order chi connectivity index (χ1) is 9.24. The van der Waals surface area contributed by atoms with Crippen molar-refractivity contribution in [3.8, 4) is 0 Å². The van der Waals surface area contributed by atoms with E-state index in [0.29, 0.717) is 23.3 Å². The fourth-order valence-corrected chi connectivity index (χ4v) is 2.48. The standard InChI is InChI=1S/C11H16N6OS/c1-2-5-17-10(18)15-16-11(17)19-7-8-3-4-9(14-12)13-6-8/h3-4,6H,2,5,7,12H2,1H3,(H,13,14)(H,15,18). The van der Waals surface area contributed by atoms with E-state index in [2.05, 4.69) is 20.6 Å². The van der Waals surface area contributed by atoms with Crippen molar-refractivity contribution < 1.29 is 0 Å². The molecule has 0 aliphatic rings. The minimum atomic E-state index is -0.162. The van der Waals surface area contributed by atoms with Crippen molar-refractivity contribution in [3.05, 3.63) is 34.4 Å². The largest absolute Gasteiger partial charge is 0.343 e. The summed E-state index contributed by atoms with van der Waals surface area (Å²) in [5.74, 6) is 6.57. The molecule has 102 valence electrons. The van der Waals surface area contributed by atoms with Gasteiger partial charge in [-0.25, -0.2) is 20.7 Å². The van der Waals surface area contributed by atoms with Crippen LogP contribution < -0.4 is 17.0 Å². The van der Waals surface area contributed by atoms with Gasteiger partial charge < -0.3 is 5.43 Å². The Labute approximate surface area is 114 Å². The van der Waals surface area contributed by atoms with Crippen molar-refractivity contribution in [2.24, 2.45) is 5.84 Å². The zero-order valence-corrected chi connectivity index (χ0v) is 11.4. The molecule has 0 atom stereocenters. The molecule has 7 nitrogen and oxygen atoms in total. The number of nitrogens with two attached hydrogens (primary N) is 1. The Kier molecular flexibility index (Phi) is 4.58. The topological polar surface area (TPSA) is 102 Å². The first-order valence-electron chi connectivity index (χ1n) is 5.94. The number of nitrogen functional groups attached to an aromatic ring is 1. The number of aromatic amines is 1. The van der Waals surface area contributed by atoms with Gasteiger partial charge in [-0.1, -0.05) is 24.8 Å².